The van der Waals surface area contributed by atoms with E-state index in [-0.39, 0.29) is 5.97 Å². The van der Waals surface area contributed by atoms with Crippen molar-refractivity contribution in [2.45, 2.75) is 58.9 Å². The number of hydrogen-bond donors (Lipinski definition) is 0. The zero-order chi connectivity index (χ0) is 17.3. The Labute approximate surface area is 146 Å². The highest BCUT2D eigenvalue weighted by Gasteiger charge is 2.43. The van der Waals surface area contributed by atoms with E-state index in [2.05, 4.69) is 27.0 Å². The van der Waals surface area contributed by atoms with Crippen LogP contribution in [0, 0.1) is 26.7 Å². The summed E-state index contributed by atoms with van der Waals surface area (Å²) in [7, 11) is 2.41. The van der Waals surface area contributed by atoms with Gasteiger partial charge in [0.05, 0.1) is 31.7 Å². The fourth-order valence-electron chi connectivity index (χ4n) is 4.87. The number of quaternary nitrogens is 1. The molecule has 0 spiro atoms. The summed E-state index contributed by atoms with van der Waals surface area (Å²) >= 11 is 0. The molecule has 0 aromatic heterocycles. The van der Waals surface area contributed by atoms with Gasteiger partial charge in [0.2, 0.25) is 0 Å². The molecule has 2 heterocycles. The molecule has 1 aromatic rings. The number of piperidine rings is 2. The van der Waals surface area contributed by atoms with E-state index in [1.807, 2.05) is 13.0 Å². The quantitative estimate of drug-likeness (QED) is 0.614. The van der Waals surface area contributed by atoms with Crippen molar-refractivity contribution < 1.29 is 14.0 Å². The molecular formula is C21H32NO2+. The molecule has 0 N–H and O–H groups in total. The van der Waals surface area contributed by atoms with E-state index in [1.165, 1.54) is 55.2 Å². The average molecular weight is 330 g/mol. The SMILES string of the molecule is Cc1cc(C)c(C(=O)OC[C@@H]2CCC[N@@+]3(C)CCCC[C@H]23)cc1C. The Morgan fingerprint density at radius 3 is 2.54 bits per heavy atom. The van der Waals surface area contributed by atoms with Gasteiger partial charge in [0.25, 0.3) is 0 Å². The van der Waals surface area contributed by atoms with E-state index in [4.69, 9.17) is 4.74 Å². The maximum absolute atomic E-state index is 12.6. The molecule has 0 aliphatic carbocycles. The van der Waals surface area contributed by atoms with Crippen LogP contribution < -0.4 is 0 Å². The third kappa shape index (κ3) is 3.37. The van der Waals surface area contributed by atoms with Crippen molar-refractivity contribution >= 4 is 5.97 Å². The first-order valence-electron chi connectivity index (χ1n) is 9.50. The summed E-state index contributed by atoms with van der Waals surface area (Å²) in [5.41, 5.74) is 4.13. The molecule has 3 nitrogen and oxygen atoms in total. The molecule has 2 fully saturated rings. The first-order chi connectivity index (χ1) is 11.4. The van der Waals surface area contributed by atoms with E-state index in [0.717, 1.165) is 16.7 Å². The summed E-state index contributed by atoms with van der Waals surface area (Å²) in [5, 5.41) is 0. The molecule has 2 saturated heterocycles. The van der Waals surface area contributed by atoms with Crippen LogP contribution in [0.4, 0.5) is 0 Å². The van der Waals surface area contributed by atoms with Crippen LogP contribution in [0.1, 0.15) is 59.2 Å². The molecular weight excluding hydrogens is 298 g/mol. The van der Waals surface area contributed by atoms with E-state index < -0.39 is 0 Å². The first kappa shape index (κ1) is 17.5. The van der Waals surface area contributed by atoms with Crippen LogP contribution in [-0.4, -0.2) is 43.2 Å². The maximum Gasteiger partial charge on any atom is 0.338 e. The normalized spacial score (nSPS) is 29.8. The molecule has 1 aromatic carbocycles. The van der Waals surface area contributed by atoms with E-state index in [0.29, 0.717) is 18.6 Å². The van der Waals surface area contributed by atoms with Gasteiger partial charge in [-0.3, -0.25) is 0 Å². The standard InChI is InChI=1S/C21H32NO2/c1-15-12-17(3)19(13-16(15)2)21(23)24-14-18-8-7-11-22(4)10-6-5-9-20(18)22/h12-13,18,20H,5-11,14H2,1-4H3/q+1/t18-,20+,22+/m0/s1. The Kier molecular flexibility index (Phi) is 5.00. The van der Waals surface area contributed by atoms with Gasteiger partial charge in [-0.25, -0.2) is 4.79 Å². The zero-order valence-electron chi connectivity index (χ0n) is 15.7. The van der Waals surface area contributed by atoms with Gasteiger partial charge in [-0.2, -0.15) is 0 Å². The van der Waals surface area contributed by atoms with Crippen LogP contribution in [0.2, 0.25) is 0 Å². The molecule has 0 bridgehead atoms. The average Bonchev–Trinajstić information content (AvgIpc) is 2.55. The third-order valence-electron chi connectivity index (χ3n) is 6.50. The van der Waals surface area contributed by atoms with Gasteiger partial charge in [0, 0.05) is 12.3 Å². The van der Waals surface area contributed by atoms with Crippen molar-refractivity contribution in [3.63, 3.8) is 0 Å². The number of fused-ring (bicyclic) bond motifs is 1. The lowest BCUT2D eigenvalue weighted by molar-refractivity contribution is -0.947. The highest BCUT2D eigenvalue weighted by atomic mass is 16.5. The fourth-order valence-corrected chi connectivity index (χ4v) is 4.87. The Morgan fingerprint density at radius 2 is 1.75 bits per heavy atom. The highest BCUT2D eigenvalue weighted by Crippen LogP contribution is 2.36. The minimum absolute atomic E-state index is 0.147. The number of nitrogens with zero attached hydrogens (tertiary/aromatic N) is 1. The Morgan fingerprint density at radius 1 is 1.04 bits per heavy atom. The predicted molar refractivity (Wildman–Crippen MR) is 97.2 cm³/mol. The summed E-state index contributed by atoms with van der Waals surface area (Å²) in [4.78, 5) is 12.6. The number of carbonyl (C=O) groups excluding carboxylic acids is 1. The summed E-state index contributed by atoms with van der Waals surface area (Å²) in [6.45, 7) is 9.32. The minimum Gasteiger partial charge on any atom is -0.462 e. The zero-order valence-corrected chi connectivity index (χ0v) is 15.7. The van der Waals surface area contributed by atoms with Crippen molar-refractivity contribution in [1.29, 1.82) is 0 Å². The third-order valence-corrected chi connectivity index (χ3v) is 6.50. The van der Waals surface area contributed by atoms with Gasteiger partial charge in [-0.05, 0) is 69.2 Å². The van der Waals surface area contributed by atoms with Gasteiger partial charge in [-0.15, -0.1) is 0 Å². The van der Waals surface area contributed by atoms with Gasteiger partial charge in [0.15, 0.2) is 0 Å². The molecule has 132 valence electrons. The van der Waals surface area contributed by atoms with Crippen LogP contribution >= 0.6 is 0 Å². The Balaban J connectivity index is 1.67. The second kappa shape index (κ2) is 6.87. The minimum atomic E-state index is -0.147. The number of carbonyl (C=O) groups is 1. The molecule has 24 heavy (non-hydrogen) atoms. The summed E-state index contributed by atoms with van der Waals surface area (Å²) in [6, 6.07) is 4.75. The van der Waals surface area contributed by atoms with Gasteiger partial charge < -0.3 is 9.22 Å². The van der Waals surface area contributed by atoms with Crippen LogP contribution in [-0.2, 0) is 4.74 Å². The molecule has 0 unspecified atom stereocenters. The van der Waals surface area contributed by atoms with Crippen LogP contribution in [0.25, 0.3) is 0 Å². The largest absolute Gasteiger partial charge is 0.462 e. The topological polar surface area (TPSA) is 26.3 Å². The number of hydrogen-bond acceptors (Lipinski definition) is 2. The van der Waals surface area contributed by atoms with Crippen LogP contribution in [0.5, 0.6) is 0 Å². The Bertz CT molecular complexity index is 621. The molecule has 3 rings (SSSR count). The molecule has 3 atom stereocenters. The van der Waals surface area contributed by atoms with E-state index >= 15 is 0 Å². The number of aryl methyl sites for hydroxylation is 3. The Hall–Kier alpha value is -1.35. The fraction of sp³-hybridized carbons (Fsp3) is 0.667. The second-order valence-corrected chi connectivity index (χ2v) is 8.24. The van der Waals surface area contributed by atoms with E-state index in [9.17, 15) is 4.79 Å². The van der Waals surface area contributed by atoms with E-state index in [1.54, 1.807) is 0 Å². The summed E-state index contributed by atoms with van der Waals surface area (Å²) in [6.07, 6.45) is 6.44. The van der Waals surface area contributed by atoms with Crippen LogP contribution in [0.3, 0.4) is 0 Å². The lowest BCUT2D eigenvalue weighted by Gasteiger charge is -2.51. The van der Waals surface area contributed by atoms with Gasteiger partial charge >= 0.3 is 5.97 Å². The number of benzene rings is 1. The monoisotopic (exact) mass is 330 g/mol. The highest BCUT2D eigenvalue weighted by molar-refractivity contribution is 5.91. The number of ether oxygens (including phenoxy) is 1. The first-order valence-corrected chi connectivity index (χ1v) is 9.50. The van der Waals surface area contributed by atoms with Gasteiger partial charge in [-0.1, -0.05) is 6.07 Å². The van der Waals surface area contributed by atoms with Crippen molar-refractivity contribution in [1.82, 2.24) is 0 Å². The maximum atomic E-state index is 12.6. The van der Waals surface area contributed by atoms with Crippen molar-refractivity contribution in [3.8, 4) is 0 Å². The van der Waals surface area contributed by atoms with Crippen molar-refractivity contribution in [2.24, 2.45) is 5.92 Å². The predicted octanol–water partition coefficient (Wildman–Crippen LogP) is 4.18. The molecule has 3 heteroatoms. The molecule has 0 saturated carbocycles. The van der Waals surface area contributed by atoms with Crippen molar-refractivity contribution in [3.05, 3.63) is 34.4 Å². The number of rotatable bonds is 3. The lowest BCUT2D eigenvalue weighted by atomic mass is 9.82. The number of esters is 1. The molecule has 2 aliphatic rings. The lowest BCUT2D eigenvalue weighted by Crippen LogP contribution is -2.61. The summed E-state index contributed by atoms with van der Waals surface area (Å²) < 4.78 is 6.99. The molecule has 0 amide bonds. The van der Waals surface area contributed by atoms with Crippen molar-refractivity contribution in [2.75, 3.05) is 26.7 Å². The second-order valence-electron chi connectivity index (χ2n) is 8.24. The van der Waals surface area contributed by atoms with Crippen LogP contribution in [0.15, 0.2) is 12.1 Å². The molecule has 0 radical (unpaired) electrons. The molecule has 2 aliphatic heterocycles. The smallest absolute Gasteiger partial charge is 0.338 e. The van der Waals surface area contributed by atoms with Gasteiger partial charge in [0.1, 0.15) is 6.61 Å². The summed E-state index contributed by atoms with van der Waals surface area (Å²) in [5.74, 6) is 0.381.